The first kappa shape index (κ1) is 21.2. The van der Waals surface area contributed by atoms with E-state index in [4.69, 9.17) is 0 Å². The van der Waals surface area contributed by atoms with Gasteiger partial charge in [-0.1, -0.05) is 6.92 Å². The molecule has 1 aliphatic carbocycles. The van der Waals surface area contributed by atoms with Crippen LogP contribution in [0.1, 0.15) is 76.2 Å². The number of hydrogen-bond donors (Lipinski definition) is 0. The first-order valence-corrected chi connectivity index (χ1v) is 11.3. The van der Waals surface area contributed by atoms with Gasteiger partial charge in [-0.2, -0.15) is 0 Å². The Morgan fingerprint density at radius 1 is 1.21 bits per heavy atom. The maximum atomic E-state index is 13.6. The molecule has 0 bridgehead atoms. The van der Waals surface area contributed by atoms with Gasteiger partial charge in [0, 0.05) is 29.6 Å². The maximum absolute atomic E-state index is 13.6. The number of aryl methyl sites for hydroxylation is 1. The molecule has 0 unspecified atom stereocenters. The van der Waals surface area contributed by atoms with E-state index in [1.807, 2.05) is 33.9 Å². The molecule has 1 saturated carbocycles. The number of anilines is 1. The lowest BCUT2D eigenvalue weighted by Gasteiger charge is -2.40. The monoisotopic (exact) mass is 402 g/mol. The van der Waals surface area contributed by atoms with Crippen molar-refractivity contribution in [3.8, 4) is 0 Å². The van der Waals surface area contributed by atoms with Crippen molar-refractivity contribution >= 4 is 29.3 Å². The molecule has 2 aliphatic rings. The van der Waals surface area contributed by atoms with Crippen LogP contribution < -0.4 is 4.90 Å². The molecule has 3 rings (SSSR count). The van der Waals surface area contributed by atoms with Gasteiger partial charge in [0.2, 0.25) is 5.91 Å². The first-order chi connectivity index (χ1) is 13.0. The largest absolute Gasteiger partial charge is 0.333 e. The van der Waals surface area contributed by atoms with Crippen molar-refractivity contribution < 1.29 is 9.59 Å². The summed E-state index contributed by atoms with van der Waals surface area (Å²) in [5.41, 5.74) is 2.57. The van der Waals surface area contributed by atoms with Crippen molar-refractivity contribution in [2.45, 2.75) is 89.0 Å². The number of benzene rings is 1. The fourth-order valence-electron chi connectivity index (χ4n) is 4.56. The van der Waals surface area contributed by atoms with Crippen LogP contribution in [-0.4, -0.2) is 40.6 Å². The second-order valence-electron chi connectivity index (χ2n) is 9.33. The van der Waals surface area contributed by atoms with Gasteiger partial charge in [0.05, 0.1) is 10.4 Å². The Morgan fingerprint density at radius 2 is 1.82 bits per heavy atom. The Bertz CT molecular complexity index is 779. The Labute approximate surface area is 174 Å². The number of carbonyl (C=O) groups excluding carboxylic acids is 2. The van der Waals surface area contributed by atoms with Crippen LogP contribution in [0, 0.1) is 12.8 Å². The predicted molar refractivity (Wildman–Crippen MR) is 117 cm³/mol. The number of rotatable bonds is 3. The molecular formula is C23H34N2O2S. The van der Waals surface area contributed by atoms with Crippen LogP contribution in [0.3, 0.4) is 0 Å². The van der Waals surface area contributed by atoms with Gasteiger partial charge in [-0.25, -0.2) is 0 Å². The van der Waals surface area contributed by atoms with Gasteiger partial charge in [-0.3, -0.25) is 9.59 Å². The van der Waals surface area contributed by atoms with Gasteiger partial charge >= 0.3 is 0 Å². The number of fused-ring (bicyclic) bond motifs is 1. The van der Waals surface area contributed by atoms with Crippen LogP contribution in [-0.2, 0) is 4.79 Å². The molecule has 1 fully saturated rings. The average molecular weight is 403 g/mol. The van der Waals surface area contributed by atoms with Crippen molar-refractivity contribution in [3.05, 3.63) is 23.3 Å². The lowest BCUT2D eigenvalue weighted by atomic mass is 9.85. The minimum Gasteiger partial charge on any atom is -0.333 e. The average Bonchev–Trinajstić information content (AvgIpc) is 2.60. The second-order valence-corrected chi connectivity index (χ2v) is 11.0. The molecule has 0 saturated heterocycles. The third-order valence-corrected chi connectivity index (χ3v) is 7.48. The smallest absolute Gasteiger partial charge is 0.254 e. The molecule has 1 aromatic carbocycles. The summed E-state index contributed by atoms with van der Waals surface area (Å²) in [6.45, 7) is 12.4. The molecule has 1 aromatic rings. The van der Waals surface area contributed by atoms with E-state index < -0.39 is 4.75 Å². The van der Waals surface area contributed by atoms with Crippen LogP contribution in [0.25, 0.3) is 0 Å². The van der Waals surface area contributed by atoms with Crippen LogP contribution >= 0.6 is 11.8 Å². The van der Waals surface area contributed by atoms with Crippen LogP contribution in [0.15, 0.2) is 17.0 Å². The highest BCUT2D eigenvalue weighted by molar-refractivity contribution is 8.01. The number of carbonyl (C=O) groups is 2. The van der Waals surface area contributed by atoms with Crippen molar-refractivity contribution in [1.29, 1.82) is 0 Å². The SMILES string of the molecule is Cc1cc2c(cc1C(=O)N(C(C)C)C1CCC(C)CC1)N(C)C(=O)C(C)(C)S2. The number of nitrogens with zero attached hydrogens (tertiary/aromatic N) is 2. The quantitative estimate of drug-likeness (QED) is 0.691. The van der Waals surface area contributed by atoms with E-state index in [2.05, 4.69) is 31.7 Å². The molecule has 0 radical (unpaired) electrons. The molecule has 0 aromatic heterocycles. The molecule has 154 valence electrons. The number of amides is 2. The molecule has 1 heterocycles. The highest BCUT2D eigenvalue weighted by atomic mass is 32.2. The Morgan fingerprint density at radius 3 is 2.39 bits per heavy atom. The lowest BCUT2D eigenvalue weighted by Crippen LogP contribution is -2.47. The topological polar surface area (TPSA) is 40.6 Å². The summed E-state index contributed by atoms with van der Waals surface area (Å²) in [4.78, 5) is 31.2. The van der Waals surface area contributed by atoms with Gasteiger partial charge in [-0.15, -0.1) is 11.8 Å². The molecule has 1 aliphatic heterocycles. The fraction of sp³-hybridized carbons (Fsp3) is 0.652. The number of hydrogen-bond acceptors (Lipinski definition) is 3. The van der Waals surface area contributed by atoms with Crippen molar-refractivity contribution in [2.75, 3.05) is 11.9 Å². The third-order valence-electron chi connectivity index (χ3n) is 6.25. The van der Waals surface area contributed by atoms with E-state index in [9.17, 15) is 9.59 Å². The van der Waals surface area contributed by atoms with Crippen LogP contribution in [0.5, 0.6) is 0 Å². The van der Waals surface area contributed by atoms with Gasteiger partial charge in [0.15, 0.2) is 0 Å². The van der Waals surface area contributed by atoms with E-state index in [1.54, 1.807) is 16.7 Å². The zero-order chi connectivity index (χ0) is 20.8. The van der Waals surface area contributed by atoms with Crippen molar-refractivity contribution in [1.82, 2.24) is 4.90 Å². The Balaban J connectivity index is 1.96. The van der Waals surface area contributed by atoms with Crippen LogP contribution in [0.2, 0.25) is 0 Å². The third kappa shape index (κ3) is 3.83. The summed E-state index contributed by atoms with van der Waals surface area (Å²) in [7, 11) is 1.81. The zero-order valence-electron chi connectivity index (χ0n) is 18.3. The summed E-state index contributed by atoms with van der Waals surface area (Å²) in [5, 5.41) is 0. The zero-order valence-corrected chi connectivity index (χ0v) is 19.2. The second kappa shape index (κ2) is 7.74. The van der Waals surface area contributed by atoms with E-state index in [0.717, 1.165) is 40.5 Å². The van der Waals surface area contributed by atoms with Gasteiger partial charge in [-0.05, 0) is 83.9 Å². The van der Waals surface area contributed by atoms with E-state index in [1.165, 1.54) is 12.8 Å². The van der Waals surface area contributed by atoms with Crippen molar-refractivity contribution in [2.24, 2.45) is 5.92 Å². The van der Waals surface area contributed by atoms with Gasteiger partial charge < -0.3 is 9.80 Å². The fourth-order valence-corrected chi connectivity index (χ4v) is 5.87. The standard InChI is InChI=1S/C23H34N2O2S/c1-14(2)25(17-10-8-15(3)9-11-17)21(26)18-13-19-20(12-16(18)4)28-23(5,6)22(27)24(19)7/h12-15,17H,8-11H2,1-7H3. The van der Waals surface area contributed by atoms with Crippen LogP contribution in [0.4, 0.5) is 5.69 Å². The summed E-state index contributed by atoms with van der Waals surface area (Å²) in [6.07, 6.45) is 4.54. The molecule has 4 nitrogen and oxygen atoms in total. The van der Waals surface area contributed by atoms with E-state index in [-0.39, 0.29) is 17.9 Å². The molecule has 2 amide bonds. The summed E-state index contributed by atoms with van der Waals surface area (Å²) >= 11 is 1.59. The molecule has 28 heavy (non-hydrogen) atoms. The highest BCUT2D eigenvalue weighted by Crippen LogP contribution is 2.45. The molecule has 0 N–H and O–H groups in total. The predicted octanol–water partition coefficient (Wildman–Crippen LogP) is 5.27. The Kier molecular flexibility index (Phi) is 5.86. The molecule has 0 atom stereocenters. The summed E-state index contributed by atoms with van der Waals surface area (Å²) in [6, 6.07) is 4.49. The normalized spacial score (nSPS) is 24.3. The van der Waals surface area contributed by atoms with E-state index in [0.29, 0.717) is 6.04 Å². The van der Waals surface area contributed by atoms with Crippen molar-refractivity contribution in [3.63, 3.8) is 0 Å². The summed E-state index contributed by atoms with van der Waals surface area (Å²) in [5.74, 6) is 0.936. The summed E-state index contributed by atoms with van der Waals surface area (Å²) < 4.78 is -0.484. The molecule has 5 heteroatoms. The lowest BCUT2D eigenvalue weighted by molar-refractivity contribution is -0.120. The molecule has 0 spiro atoms. The van der Waals surface area contributed by atoms with Gasteiger partial charge in [0.25, 0.3) is 5.91 Å². The minimum atomic E-state index is -0.484. The van der Waals surface area contributed by atoms with E-state index >= 15 is 0 Å². The maximum Gasteiger partial charge on any atom is 0.254 e. The number of thioether (sulfide) groups is 1. The molecular weight excluding hydrogens is 368 g/mol. The Hall–Kier alpha value is -1.49. The minimum absolute atomic E-state index is 0.0780. The highest BCUT2D eigenvalue weighted by Gasteiger charge is 2.39. The van der Waals surface area contributed by atoms with Gasteiger partial charge in [0.1, 0.15) is 0 Å². The first-order valence-electron chi connectivity index (χ1n) is 10.5.